The van der Waals surface area contributed by atoms with E-state index in [-0.39, 0.29) is 0 Å². The molecule has 124 valence electrons. The molecule has 0 amide bonds. The van der Waals surface area contributed by atoms with Crippen molar-refractivity contribution >= 4 is 5.82 Å². The van der Waals surface area contributed by atoms with E-state index in [1.807, 2.05) is 42.5 Å². The molecule has 0 atom stereocenters. The summed E-state index contributed by atoms with van der Waals surface area (Å²) in [6.07, 6.45) is 3.39. The molecule has 4 aromatic rings. The molecule has 0 spiro atoms. The number of rotatable bonds is 4. The number of H-pyrrole nitrogens is 2. The van der Waals surface area contributed by atoms with E-state index < -0.39 is 0 Å². The van der Waals surface area contributed by atoms with Gasteiger partial charge >= 0.3 is 0 Å². The van der Waals surface area contributed by atoms with E-state index in [0.717, 1.165) is 34.0 Å². The van der Waals surface area contributed by atoms with Gasteiger partial charge in [0, 0.05) is 23.5 Å². The third kappa shape index (κ3) is 2.72. The molecular formula is C18H16N6O. The molecule has 25 heavy (non-hydrogen) atoms. The van der Waals surface area contributed by atoms with Crippen molar-refractivity contribution in [3.05, 3.63) is 54.9 Å². The molecule has 0 aliphatic carbocycles. The van der Waals surface area contributed by atoms with Crippen LogP contribution in [0.3, 0.4) is 0 Å². The van der Waals surface area contributed by atoms with Crippen LogP contribution in [-0.2, 0) is 0 Å². The van der Waals surface area contributed by atoms with Gasteiger partial charge in [-0.15, -0.1) is 0 Å². The van der Waals surface area contributed by atoms with Gasteiger partial charge in [-0.2, -0.15) is 5.10 Å². The maximum Gasteiger partial charge on any atom is 0.166 e. The van der Waals surface area contributed by atoms with E-state index in [0.29, 0.717) is 11.6 Å². The fourth-order valence-corrected chi connectivity index (χ4v) is 2.65. The summed E-state index contributed by atoms with van der Waals surface area (Å²) >= 11 is 0. The molecule has 3 aromatic heterocycles. The average molecular weight is 332 g/mol. The molecule has 0 aliphatic rings. The molecule has 7 heteroatoms. The van der Waals surface area contributed by atoms with Crippen LogP contribution in [0, 0.1) is 0 Å². The summed E-state index contributed by atoms with van der Waals surface area (Å²) in [6.45, 7) is 0. The topological polar surface area (TPSA) is 106 Å². The molecule has 0 bridgehead atoms. The standard InChI is InChI=1S/C18H16N6O/c1-25-14-9-12(10-20-17(14)19)15-16(13-7-8-21-24-13)23-18(22-15)11-5-3-2-4-6-11/h2-10H,1H3,(H2,19,20)(H,21,24)(H,22,23). The maximum absolute atomic E-state index is 5.83. The average Bonchev–Trinajstić information content (AvgIpc) is 3.32. The molecule has 1 aromatic carbocycles. The monoisotopic (exact) mass is 332 g/mol. The second kappa shape index (κ2) is 6.12. The van der Waals surface area contributed by atoms with Crippen LogP contribution in [0.15, 0.2) is 54.9 Å². The van der Waals surface area contributed by atoms with Gasteiger partial charge in [0.1, 0.15) is 11.5 Å². The third-order valence-electron chi connectivity index (χ3n) is 3.90. The summed E-state index contributed by atoms with van der Waals surface area (Å²) in [4.78, 5) is 12.3. The molecule has 3 heterocycles. The number of anilines is 1. The lowest BCUT2D eigenvalue weighted by Crippen LogP contribution is -1.96. The highest BCUT2D eigenvalue weighted by Gasteiger charge is 2.17. The van der Waals surface area contributed by atoms with Gasteiger partial charge in [-0.3, -0.25) is 5.10 Å². The highest BCUT2D eigenvalue weighted by atomic mass is 16.5. The van der Waals surface area contributed by atoms with Gasteiger partial charge in [-0.05, 0) is 12.1 Å². The minimum Gasteiger partial charge on any atom is -0.493 e. The normalized spacial score (nSPS) is 10.8. The Hall–Kier alpha value is -3.61. The van der Waals surface area contributed by atoms with Gasteiger partial charge < -0.3 is 15.5 Å². The van der Waals surface area contributed by atoms with Gasteiger partial charge in [-0.25, -0.2) is 9.97 Å². The number of nitrogens with two attached hydrogens (primary N) is 1. The summed E-state index contributed by atoms with van der Waals surface area (Å²) in [7, 11) is 1.56. The third-order valence-corrected chi connectivity index (χ3v) is 3.90. The minimum atomic E-state index is 0.345. The molecule has 7 nitrogen and oxygen atoms in total. The molecule has 0 radical (unpaired) electrons. The lowest BCUT2D eigenvalue weighted by molar-refractivity contribution is 0.415. The van der Waals surface area contributed by atoms with Crippen molar-refractivity contribution < 1.29 is 4.74 Å². The second-order valence-electron chi connectivity index (χ2n) is 5.46. The Morgan fingerprint density at radius 3 is 2.64 bits per heavy atom. The largest absolute Gasteiger partial charge is 0.493 e. The second-order valence-corrected chi connectivity index (χ2v) is 5.46. The number of hydrogen-bond donors (Lipinski definition) is 3. The number of methoxy groups -OCH3 is 1. The van der Waals surface area contributed by atoms with Crippen molar-refractivity contribution in [1.29, 1.82) is 0 Å². The molecule has 0 fully saturated rings. The van der Waals surface area contributed by atoms with E-state index in [1.165, 1.54) is 0 Å². The first-order valence-electron chi connectivity index (χ1n) is 7.71. The van der Waals surface area contributed by atoms with Crippen molar-refractivity contribution in [2.45, 2.75) is 0 Å². The van der Waals surface area contributed by atoms with Crippen molar-refractivity contribution in [3.63, 3.8) is 0 Å². The van der Waals surface area contributed by atoms with E-state index >= 15 is 0 Å². The summed E-state index contributed by atoms with van der Waals surface area (Å²) in [6, 6.07) is 13.6. The quantitative estimate of drug-likeness (QED) is 0.532. The fourth-order valence-electron chi connectivity index (χ4n) is 2.65. The Morgan fingerprint density at radius 2 is 1.92 bits per heavy atom. The van der Waals surface area contributed by atoms with Crippen molar-refractivity contribution in [3.8, 4) is 39.8 Å². The Kier molecular flexibility index (Phi) is 3.66. The fraction of sp³-hybridized carbons (Fsp3) is 0.0556. The van der Waals surface area contributed by atoms with Gasteiger partial charge in [-0.1, -0.05) is 30.3 Å². The van der Waals surface area contributed by atoms with Crippen molar-refractivity contribution in [2.75, 3.05) is 12.8 Å². The smallest absolute Gasteiger partial charge is 0.166 e. The Labute approximate surface area is 143 Å². The van der Waals surface area contributed by atoms with Gasteiger partial charge in [0.05, 0.1) is 18.5 Å². The number of aromatic amines is 2. The number of imidazole rings is 1. The number of hydrogen-bond acceptors (Lipinski definition) is 5. The molecule has 0 saturated heterocycles. The zero-order chi connectivity index (χ0) is 17.2. The summed E-state index contributed by atoms with van der Waals surface area (Å²) < 4.78 is 5.29. The first-order chi connectivity index (χ1) is 12.3. The summed E-state index contributed by atoms with van der Waals surface area (Å²) in [5, 5.41) is 6.98. The van der Waals surface area contributed by atoms with Crippen LogP contribution in [0.25, 0.3) is 34.0 Å². The van der Waals surface area contributed by atoms with Crippen LogP contribution in [0.2, 0.25) is 0 Å². The number of aromatic nitrogens is 5. The maximum atomic E-state index is 5.83. The zero-order valence-electron chi connectivity index (χ0n) is 13.5. The number of pyridine rings is 1. The zero-order valence-corrected chi connectivity index (χ0v) is 13.5. The Balaban J connectivity index is 1.90. The molecule has 0 unspecified atom stereocenters. The molecule has 4 N–H and O–H groups in total. The SMILES string of the molecule is COc1cc(-c2[nH]c(-c3ccccc3)nc2-c2ccn[nH]2)cnc1N. The number of ether oxygens (including phenoxy) is 1. The summed E-state index contributed by atoms with van der Waals surface area (Å²) in [5.74, 6) is 1.62. The van der Waals surface area contributed by atoms with Gasteiger partial charge in [0.2, 0.25) is 0 Å². The predicted molar refractivity (Wildman–Crippen MR) is 95.8 cm³/mol. The highest BCUT2D eigenvalue weighted by Crippen LogP contribution is 2.34. The predicted octanol–water partition coefficient (Wildman–Crippen LogP) is 3.12. The van der Waals surface area contributed by atoms with E-state index in [9.17, 15) is 0 Å². The van der Waals surface area contributed by atoms with Crippen LogP contribution >= 0.6 is 0 Å². The van der Waals surface area contributed by atoms with Crippen LogP contribution in [0.5, 0.6) is 5.75 Å². The molecule has 4 rings (SSSR count). The molecule has 0 aliphatic heterocycles. The van der Waals surface area contributed by atoms with Crippen LogP contribution in [0.1, 0.15) is 0 Å². The van der Waals surface area contributed by atoms with Crippen LogP contribution in [0.4, 0.5) is 5.82 Å². The summed E-state index contributed by atoms with van der Waals surface area (Å²) in [5.41, 5.74) is 10.0. The number of nitrogen functional groups attached to an aromatic ring is 1. The lowest BCUT2D eigenvalue weighted by atomic mass is 10.1. The number of nitrogens with zero attached hydrogens (tertiary/aromatic N) is 3. The van der Waals surface area contributed by atoms with Crippen molar-refractivity contribution in [2.24, 2.45) is 0 Å². The minimum absolute atomic E-state index is 0.345. The van der Waals surface area contributed by atoms with Crippen LogP contribution in [-0.4, -0.2) is 32.3 Å². The van der Waals surface area contributed by atoms with E-state index in [4.69, 9.17) is 15.5 Å². The van der Waals surface area contributed by atoms with Crippen LogP contribution < -0.4 is 10.5 Å². The lowest BCUT2D eigenvalue weighted by Gasteiger charge is -2.06. The Morgan fingerprint density at radius 1 is 1.08 bits per heavy atom. The number of nitrogens with one attached hydrogen (secondary N) is 2. The van der Waals surface area contributed by atoms with E-state index in [1.54, 1.807) is 19.5 Å². The first kappa shape index (κ1) is 14.9. The van der Waals surface area contributed by atoms with E-state index in [2.05, 4.69) is 20.2 Å². The number of benzene rings is 1. The van der Waals surface area contributed by atoms with Gasteiger partial charge in [0.15, 0.2) is 11.6 Å². The first-order valence-corrected chi connectivity index (χ1v) is 7.71. The highest BCUT2D eigenvalue weighted by molar-refractivity contribution is 5.80. The van der Waals surface area contributed by atoms with Gasteiger partial charge in [0.25, 0.3) is 0 Å². The van der Waals surface area contributed by atoms with Crippen molar-refractivity contribution in [1.82, 2.24) is 25.1 Å². The molecular weight excluding hydrogens is 316 g/mol. The Bertz CT molecular complexity index is 992. The molecule has 0 saturated carbocycles.